The predicted molar refractivity (Wildman–Crippen MR) is 111 cm³/mol. The number of amides is 1. The molecule has 0 bridgehead atoms. The summed E-state index contributed by atoms with van der Waals surface area (Å²) in [7, 11) is -0.0298. The van der Waals surface area contributed by atoms with Crippen molar-refractivity contribution in [2.45, 2.75) is 17.9 Å². The number of hydroxylamine groups is 2. The Balaban J connectivity index is 2.24. The molecule has 0 saturated heterocycles. The molecule has 1 N–H and O–H groups in total. The van der Waals surface area contributed by atoms with Gasteiger partial charge in [-0.3, -0.25) is 10.0 Å². The Kier molecular flexibility index (Phi) is 7.65. The second kappa shape index (κ2) is 9.96. The van der Waals surface area contributed by atoms with Crippen LogP contribution in [0.2, 0.25) is 0 Å². The Bertz CT molecular complexity index is 974. The van der Waals surface area contributed by atoms with Crippen LogP contribution in [0.1, 0.15) is 18.5 Å². The van der Waals surface area contributed by atoms with Crippen LogP contribution in [0, 0.1) is 11.8 Å². The summed E-state index contributed by atoms with van der Waals surface area (Å²) in [5.74, 6) is 5.49. The monoisotopic (exact) mass is 416 g/mol. The molecule has 0 radical (unpaired) electrons. The van der Waals surface area contributed by atoms with Crippen LogP contribution in [-0.4, -0.2) is 51.6 Å². The number of hydrogen-bond donors (Lipinski definition) is 1. The quantitative estimate of drug-likeness (QED) is 0.293. The summed E-state index contributed by atoms with van der Waals surface area (Å²) in [5.41, 5.74) is 1.42. The van der Waals surface area contributed by atoms with E-state index < -0.39 is 21.6 Å². The minimum atomic E-state index is -3.79. The first-order chi connectivity index (χ1) is 13.8. The summed E-state index contributed by atoms with van der Waals surface area (Å²) >= 11 is 0. The van der Waals surface area contributed by atoms with Gasteiger partial charge in [0.15, 0.2) is 9.84 Å². The highest BCUT2D eigenvalue weighted by atomic mass is 32.2. The summed E-state index contributed by atoms with van der Waals surface area (Å²) < 4.78 is 31.1. The summed E-state index contributed by atoms with van der Waals surface area (Å²) in [6.45, 7) is 1.92. The first-order valence-corrected chi connectivity index (χ1v) is 10.5. The van der Waals surface area contributed by atoms with Crippen molar-refractivity contribution in [2.24, 2.45) is 0 Å². The average Bonchev–Trinajstić information content (AvgIpc) is 2.72. The lowest BCUT2D eigenvalue weighted by Gasteiger charge is -2.23. The fourth-order valence-electron chi connectivity index (χ4n) is 2.63. The van der Waals surface area contributed by atoms with Gasteiger partial charge in [0.25, 0.3) is 0 Å². The lowest BCUT2D eigenvalue weighted by atomic mass is 10.1. The number of carbonyl (C=O) groups is 1. The van der Waals surface area contributed by atoms with Crippen LogP contribution in [0.4, 0.5) is 5.69 Å². The van der Waals surface area contributed by atoms with Gasteiger partial charge in [-0.25, -0.2) is 13.5 Å². The van der Waals surface area contributed by atoms with E-state index in [1.54, 1.807) is 43.3 Å². The lowest BCUT2D eigenvalue weighted by Crippen LogP contribution is -2.30. The Morgan fingerprint density at radius 2 is 1.72 bits per heavy atom. The molecule has 0 aliphatic carbocycles. The topological polar surface area (TPSA) is 87.2 Å². The second-order valence-corrected chi connectivity index (χ2v) is 8.49. The van der Waals surface area contributed by atoms with Crippen molar-refractivity contribution in [3.05, 3.63) is 54.1 Å². The van der Waals surface area contributed by atoms with E-state index in [9.17, 15) is 18.4 Å². The van der Waals surface area contributed by atoms with Gasteiger partial charge in [0.05, 0.1) is 16.7 Å². The van der Waals surface area contributed by atoms with E-state index in [-0.39, 0.29) is 17.9 Å². The molecule has 0 saturated carbocycles. The van der Waals surface area contributed by atoms with Gasteiger partial charge in [0.2, 0.25) is 6.41 Å². The van der Waals surface area contributed by atoms with Crippen LogP contribution in [0.15, 0.2) is 53.4 Å². The third-order valence-corrected chi connectivity index (χ3v) is 6.01. The first kappa shape index (κ1) is 22.3. The zero-order valence-electron chi connectivity index (χ0n) is 16.6. The number of benzene rings is 2. The number of nitrogens with zero attached hydrogens (tertiary/aromatic N) is 2. The fraction of sp³-hybridized carbons (Fsp3) is 0.286. The van der Waals surface area contributed by atoms with Crippen molar-refractivity contribution in [3.8, 4) is 17.6 Å². The van der Waals surface area contributed by atoms with E-state index in [0.717, 1.165) is 5.69 Å². The Morgan fingerprint density at radius 3 is 2.24 bits per heavy atom. The molecule has 2 rings (SSSR count). The van der Waals surface area contributed by atoms with E-state index in [4.69, 9.17) is 4.74 Å². The summed E-state index contributed by atoms with van der Waals surface area (Å²) in [4.78, 5) is 13.1. The molecule has 1 atom stereocenters. The largest absolute Gasteiger partial charge is 0.481 e. The van der Waals surface area contributed by atoms with Crippen LogP contribution in [0.3, 0.4) is 0 Å². The van der Waals surface area contributed by atoms with Crippen molar-refractivity contribution >= 4 is 21.9 Å². The SMILES string of the molecule is CC#CCOc1ccc(S(=O)(=O)CC(c2ccc(N(C)C)cc2)N(O)C=O)cc1. The van der Waals surface area contributed by atoms with Crippen molar-refractivity contribution < 1.29 is 23.2 Å². The number of ether oxygens (including phenoxy) is 1. The van der Waals surface area contributed by atoms with Crippen molar-refractivity contribution in [1.82, 2.24) is 5.06 Å². The molecule has 7 nitrogen and oxygen atoms in total. The van der Waals surface area contributed by atoms with Crippen molar-refractivity contribution in [3.63, 3.8) is 0 Å². The second-order valence-electron chi connectivity index (χ2n) is 6.46. The van der Waals surface area contributed by atoms with Gasteiger partial charge in [-0.15, -0.1) is 5.92 Å². The number of anilines is 1. The average molecular weight is 416 g/mol. The zero-order chi connectivity index (χ0) is 21.4. The van der Waals surface area contributed by atoms with E-state index in [2.05, 4.69) is 11.8 Å². The molecule has 0 aliphatic heterocycles. The summed E-state index contributed by atoms with van der Waals surface area (Å²) in [6, 6.07) is 11.9. The van der Waals surface area contributed by atoms with Gasteiger partial charge in [-0.1, -0.05) is 18.1 Å². The van der Waals surface area contributed by atoms with Gasteiger partial charge >= 0.3 is 0 Å². The Morgan fingerprint density at radius 1 is 1.10 bits per heavy atom. The van der Waals surface area contributed by atoms with Gasteiger partial charge in [-0.2, -0.15) is 0 Å². The molecule has 2 aromatic rings. The minimum Gasteiger partial charge on any atom is -0.481 e. The van der Waals surface area contributed by atoms with Crippen molar-refractivity contribution in [2.75, 3.05) is 31.4 Å². The molecule has 0 aromatic heterocycles. The third kappa shape index (κ3) is 5.98. The molecule has 29 heavy (non-hydrogen) atoms. The number of rotatable bonds is 9. The van der Waals surface area contributed by atoms with Gasteiger partial charge in [0, 0.05) is 19.8 Å². The Labute approximate surface area is 171 Å². The van der Waals surface area contributed by atoms with E-state index >= 15 is 0 Å². The number of sulfone groups is 1. The van der Waals surface area contributed by atoms with E-state index in [1.807, 2.05) is 19.0 Å². The minimum absolute atomic E-state index is 0.0700. The smallest absolute Gasteiger partial charge is 0.233 e. The van der Waals surface area contributed by atoms with E-state index in [1.165, 1.54) is 12.1 Å². The lowest BCUT2D eigenvalue weighted by molar-refractivity contribution is -0.158. The maximum atomic E-state index is 12.9. The maximum Gasteiger partial charge on any atom is 0.233 e. The van der Waals surface area contributed by atoms with Gasteiger partial charge < -0.3 is 9.64 Å². The molecule has 1 amide bonds. The fourth-order valence-corrected chi connectivity index (χ4v) is 4.14. The molecule has 1 unspecified atom stereocenters. The zero-order valence-corrected chi connectivity index (χ0v) is 17.4. The highest BCUT2D eigenvalue weighted by Crippen LogP contribution is 2.26. The molecule has 0 spiro atoms. The highest BCUT2D eigenvalue weighted by molar-refractivity contribution is 7.91. The standard InChI is InChI=1S/C21H24N2O5S/c1-4-5-14-28-19-10-12-20(13-11-19)29(26,27)15-21(23(25)16-24)17-6-8-18(9-7-17)22(2)3/h6-13,16,21,25H,14-15H2,1-3H3. The molecular weight excluding hydrogens is 392 g/mol. The normalized spacial score (nSPS) is 11.7. The van der Waals surface area contributed by atoms with Crippen LogP contribution >= 0.6 is 0 Å². The molecule has 0 heterocycles. The van der Waals surface area contributed by atoms with E-state index in [0.29, 0.717) is 16.4 Å². The highest BCUT2D eigenvalue weighted by Gasteiger charge is 2.27. The number of carbonyl (C=O) groups excluding carboxylic acids is 1. The molecule has 0 fully saturated rings. The maximum absolute atomic E-state index is 12.9. The van der Waals surface area contributed by atoms with Crippen LogP contribution in [-0.2, 0) is 14.6 Å². The molecular formula is C21H24N2O5S. The predicted octanol–water partition coefficient (Wildman–Crippen LogP) is 2.52. The van der Waals surface area contributed by atoms with Crippen LogP contribution in [0.5, 0.6) is 5.75 Å². The summed E-state index contributed by atoms with van der Waals surface area (Å²) in [5, 5.41) is 10.4. The van der Waals surface area contributed by atoms with Crippen molar-refractivity contribution in [1.29, 1.82) is 0 Å². The molecule has 154 valence electrons. The van der Waals surface area contributed by atoms with Gasteiger partial charge in [0.1, 0.15) is 12.4 Å². The summed E-state index contributed by atoms with van der Waals surface area (Å²) in [6.07, 6.45) is 0.200. The molecule has 0 aliphatic rings. The third-order valence-electron chi connectivity index (χ3n) is 4.27. The Hall–Kier alpha value is -3.02. The molecule has 8 heteroatoms. The number of hydrogen-bond acceptors (Lipinski definition) is 6. The van der Waals surface area contributed by atoms with Gasteiger partial charge in [-0.05, 0) is 48.9 Å². The van der Waals surface area contributed by atoms with Crippen LogP contribution in [0.25, 0.3) is 0 Å². The van der Waals surface area contributed by atoms with Crippen LogP contribution < -0.4 is 9.64 Å². The molecule has 2 aromatic carbocycles. The first-order valence-electron chi connectivity index (χ1n) is 8.83.